The van der Waals surface area contributed by atoms with Crippen LogP contribution in [0.1, 0.15) is 61.1 Å². The summed E-state index contributed by atoms with van der Waals surface area (Å²) in [5.74, 6) is 0.547. The van der Waals surface area contributed by atoms with Crippen LogP contribution in [0.25, 0.3) is 0 Å². The number of aryl methyl sites for hydroxylation is 2. The molecule has 4 rings (SSSR count). The maximum atomic E-state index is 9.30. The van der Waals surface area contributed by atoms with Gasteiger partial charge >= 0.3 is 0 Å². The lowest BCUT2D eigenvalue weighted by Gasteiger charge is -2.27. The molecule has 0 spiro atoms. The molecule has 198 valence electrons. The SMILES string of the molecule is CC(C)(c1ccc(O)cc1)c1ccc(O)cc1.Cc1ccc(C(C)(C)c2ccc(C)c(N)c2)cc1.O.O. The molecule has 37 heavy (non-hydrogen) atoms. The van der Waals surface area contributed by atoms with E-state index in [0.717, 1.165) is 22.4 Å². The number of nitrogens with two attached hydrogens (primary N) is 1. The van der Waals surface area contributed by atoms with Crippen molar-refractivity contribution in [2.75, 3.05) is 5.73 Å². The first kappa shape index (κ1) is 31.2. The summed E-state index contributed by atoms with van der Waals surface area (Å²) in [6.45, 7) is 12.9. The molecule has 0 fully saturated rings. The van der Waals surface area contributed by atoms with Crippen LogP contribution in [0.2, 0.25) is 0 Å². The molecule has 0 aliphatic heterocycles. The van der Waals surface area contributed by atoms with E-state index >= 15 is 0 Å². The summed E-state index contributed by atoms with van der Waals surface area (Å²) in [7, 11) is 0. The largest absolute Gasteiger partial charge is 0.508 e. The Balaban J connectivity index is 0.000000351. The molecule has 0 unspecified atom stereocenters. The van der Waals surface area contributed by atoms with E-state index in [9.17, 15) is 10.2 Å². The van der Waals surface area contributed by atoms with Crippen molar-refractivity contribution in [1.82, 2.24) is 0 Å². The Morgan fingerprint density at radius 2 is 0.838 bits per heavy atom. The van der Waals surface area contributed by atoms with Gasteiger partial charge in [0.1, 0.15) is 11.5 Å². The monoisotopic (exact) mass is 503 g/mol. The fourth-order valence-corrected chi connectivity index (χ4v) is 4.09. The van der Waals surface area contributed by atoms with Gasteiger partial charge in [-0.15, -0.1) is 0 Å². The highest BCUT2D eigenvalue weighted by molar-refractivity contribution is 5.52. The van der Waals surface area contributed by atoms with Crippen molar-refractivity contribution in [3.8, 4) is 11.5 Å². The van der Waals surface area contributed by atoms with Crippen LogP contribution < -0.4 is 5.73 Å². The second-order valence-corrected chi connectivity index (χ2v) is 10.3. The Kier molecular flexibility index (Phi) is 10.5. The molecular weight excluding hydrogens is 462 g/mol. The van der Waals surface area contributed by atoms with Crippen molar-refractivity contribution in [1.29, 1.82) is 0 Å². The molecular formula is C32H41NO4. The molecule has 4 aromatic carbocycles. The lowest BCUT2D eigenvalue weighted by atomic mass is 9.77. The molecule has 0 saturated carbocycles. The highest BCUT2D eigenvalue weighted by Crippen LogP contribution is 2.34. The first-order chi connectivity index (χ1) is 16.4. The van der Waals surface area contributed by atoms with Gasteiger partial charge in [0.05, 0.1) is 0 Å². The van der Waals surface area contributed by atoms with Crippen LogP contribution in [0.4, 0.5) is 5.69 Å². The quantitative estimate of drug-likeness (QED) is 0.296. The first-order valence-electron chi connectivity index (χ1n) is 11.9. The Labute approximate surface area is 220 Å². The highest BCUT2D eigenvalue weighted by Gasteiger charge is 2.24. The molecule has 0 amide bonds. The smallest absolute Gasteiger partial charge is 0.115 e. The number of hydrogen-bond acceptors (Lipinski definition) is 3. The van der Waals surface area contributed by atoms with Gasteiger partial charge in [-0.1, -0.05) is 93.9 Å². The second-order valence-electron chi connectivity index (χ2n) is 10.3. The summed E-state index contributed by atoms with van der Waals surface area (Å²) in [5, 5.41) is 18.6. The lowest BCUT2D eigenvalue weighted by molar-refractivity contribution is 0.474. The Bertz CT molecular complexity index is 1210. The zero-order valence-electron chi connectivity index (χ0n) is 22.6. The van der Waals surface area contributed by atoms with Crippen molar-refractivity contribution >= 4 is 5.69 Å². The minimum atomic E-state index is -0.151. The van der Waals surface area contributed by atoms with E-state index in [1.54, 1.807) is 24.3 Å². The average molecular weight is 504 g/mol. The van der Waals surface area contributed by atoms with Crippen molar-refractivity contribution in [2.45, 2.75) is 52.4 Å². The van der Waals surface area contributed by atoms with Crippen LogP contribution in [0.5, 0.6) is 11.5 Å². The Morgan fingerprint density at radius 1 is 0.514 bits per heavy atom. The van der Waals surface area contributed by atoms with E-state index in [-0.39, 0.29) is 33.3 Å². The molecule has 0 aliphatic rings. The summed E-state index contributed by atoms with van der Waals surface area (Å²) in [6, 6.07) is 29.5. The van der Waals surface area contributed by atoms with Crippen LogP contribution in [0.3, 0.4) is 0 Å². The topological polar surface area (TPSA) is 129 Å². The predicted octanol–water partition coefficient (Wildman–Crippen LogP) is 5.99. The maximum Gasteiger partial charge on any atom is 0.115 e. The van der Waals surface area contributed by atoms with Crippen molar-refractivity contribution < 1.29 is 21.2 Å². The van der Waals surface area contributed by atoms with Crippen LogP contribution in [0, 0.1) is 13.8 Å². The van der Waals surface area contributed by atoms with Crippen molar-refractivity contribution in [2.24, 2.45) is 0 Å². The van der Waals surface area contributed by atoms with E-state index in [4.69, 9.17) is 5.73 Å². The third-order valence-corrected chi connectivity index (χ3v) is 6.95. The third-order valence-electron chi connectivity index (χ3n) is 6.95. The summed E-state index contributed by atoms with van der Waals surface area (Å²) in [6.07, 6.45) is 0. The summed E-state index contributed by atoms with van der Waals surface area (Å²) >= 11 is 0. The van der Waals surface area contributed by atoms with E-state index < -0.39 is 0 Å². The molecule has 0 radical (unpaired) electrons. The Hall–Kier alpha value is -3.80. The molecule has 4 aromatic rings. The summed E-state index contributed by atoms with van der Waals surface area (Å²) < 4.78 is 0. The Morgan fingerprint density at radius 3 is 1.22 bits per heavy atom. The van der Waals surface area contributed by atoms with Gasteiger partial charge in [0, 0.05) is 16.5 Å². The number of phenolic OH excluding ortho intramolecular Hbond substituents is 2. The van der Waals surface area contributed by atoms with Crippen LogP contribution in [0.15, 0.2) is 91.0 Å². The molecule has 5 nitrogen and oxygen atoms in total. The second kappa shape index (κ2) is 12.4. The fraction of sp³-hybridized carbons (Fsp3) is 0.250. The third kappa shape index (κ3) is 7.35. The number of nitrogen functional groups attached to an aromatic ring is 1. The van der Waals surface area contributed by atoms with Gasteiger partial charge in [0.15, 0.2) is 0 Å². The molecule has 0 saturated heterocycles. The maximum absolute atomic E-state index is 9.30. The van der Waals surface area contributed by atoms with Gasteiger partial charge in [-0.05, 0) is 72.0 Å². The van der Waals surface area contributed by atoms with E-state index in [0.29, 0.717) is 0 Å². The normalized spacial score (nSPS) is 10.9. The first-order valence-corrected chi connectivity index (χ1v) is 11.9. The van der Waals surface area contributed by atoms with Gasteiger partial charge in [-0.3, -0.25) is 0 Å². The zero-order chi connectivity index (χ0) is 25.8. The molecule has 0 aromatic heterocycles. The van der Waals surface area contributed by atoms with Crippen LogP contribution in [-0.2, 0) is 10.8 Å². The van der Waals surface area contributed by atoms with Crippen LogP contribution >= 0.6 is 0 Å². The fourth-order valence-electron chi connectivity index (χ4n) is 4.09. The van der Waals surface area contributed by atoms with Crippen molar-refractivity contribution in [3.63, 3.8) is 0 Å². The van der Waals surface area contributed by atoms with Gasteiger partial charge < -0.3 is 26.9 Å². The molecule has 0 heterocycles. The van der Waals surface area contributed by atoms with Gasteiger partial charge in [0.2, 0.25) is 0 Å². The zero-order valence-corrected chi connectivity index (χ0v) is 22.6. The number of phenols is 2. The molecule has 5 heteroatoms. The van der Waals surface area contributed by atoms with E-state index in [1.807, 2.05) is 31.2 Å². The average Bonchev–Trinajstić information content (AvgIpc) is 2.82. The number of rotatable bonds is 4. The number of benzene rings is 4. The van der Waals surface area contributed by atoms with Gasteiger partial charge in [-0.2, -0.15) is 0 Å². The van der Waals surface area contributed by atoms with Gasteiger partial charge in [0.25, 0.3) is 0 Å². The number of anilines is 1. The molecule has 0 atom stereocenters. The minimum Gasteiger partial charge on any atom is -0.508 e. The summed E-state index contributed by atoms with van der Waals surface area (Å²) in [5.41, 5.74) is 14.0. The molecule has 0 bridgehead atoms. The van der Waals surface area contributed by atoms with Crippen molar-refractivity contribution in [3.05, 3.63) is 124 Å². The summed E-state index contributed by atoms with van der Waals surface area (Å²) in [4.78, 5) is 0. The lowest BCUT2D eigenvalue weighted by Crippen LogP contribution is -2.19. The van der Waals surface area contributed by atoms with E-state index in [1.165, 1.54) is 16.7 Å². The molecule has 8 N–H and O–H groups in total. The van der Waals surface area contributed by atoms with Crippen LogP contribution in [-0.4, -0.2) is 21.2 Å². The minimum absolute atomic E-state index is 0. The van der Waals surface area contributed by atoms with Gasteiger partial charge in [-0.25, -0.2) is 0 Å². The number of hydrogen-bond donors (Lipinski definition) is 3. The highest BCUT2D eigenvalue weighted by atomic mass is 16.3. The number of aromatic hydroxyl groups is 2. The predicted molar refractivity (Wildman–Crippen MR) is 154 cm³/mol. The van der Waals surface area contributed by atoms with E-state index in [2.05, 4.69) is 77.1 Å². The standard InChI is InChI=1S/C17H21N.C15H16O2.2H2O/c1-12-5-8-14(9-6-12)17(3,4)15-10-7-13(2)16(18)11-15;1-15(2,11-3-7-13(16)8-4-11)12-5-9-14(17)10-6-12;;/h5-11H,18H2,1-4H3;3-10,16-17H,1-2H3;2*1H2. The molecule has 0 aliphatic carbocycles.